The first-order valence-electron chi connectivity index (χ1n) is 9.59. The Kier molecular flexibility index (Phi) is 5.11. The van der Waals surface area contributed by atoms with Crippen LogP contribution in [0, 0.1) is 6.92 Å². The van der Waals surface area contributed by atoms with E-state index >= 15 is 0 Å². The van der Waals surface area contributed by atoms with Gasteiger partial charge in [-0.1, -0.05) is 30.4 Å². The van der Waals surface area contributed by atoms with Gasteiger partial charge in [0.15, 0.2) is 5.13 Å². The maximum absolute atomic E-state index is 12.7. The van der Waals surface area contributed by atoms with Crippen LogP contribution in [-0.4, -0.2) is 39.8 Å². The molecule has 1 saturated heterocycles. The third-order valence-electron chi connectivity index (χ3n) is 4.95. The van der Waals surface area contributed by atoms with Crippen LogP contribution in [0.3, 0.4) is 0 Å². The summed E-state index contributed by atoms with van der Waals surface area (Å²) in [6, 6.07) is 8.36. The molecule has 0 radical (unpaired) electrons. The van der Waals surface area contributed by atoms with E-state index in [1.807, 2.05) is 29.9 Å². The molecular formula is C20H25N5OS. The number of nitrogens with zero attached hydrogens (tertiary/aromatic N) is 4. The van der Waals surface area contributed by atoms with Gasteiger partial charge in [0.1, 0.15) is 0 Å². The summed E-state index contributed by atoms with van der Waals surface area (Å²) in [7, 11) is 0. The number of amides is 1. The molecule has 1 atom stereocenters. The molecule has 1 aliphatic rings. The van der Waals surface area contributed by atoms with Crippen molar-refractivity contribution in [3.8, 4) is 0 Å². The fourth-order valence-electron chi connectivity index (χ4n) is 3.61. The SMILES string of the molecule is CCCn1cc(C(=O)N[C@H]2CCCN(c3nc4ccccc4s3)C2)c(C)n1. The number of piperidine rings is 1. The summed E-state index contributed by atoms with van der Waals surface area (Å²) in [4.78, 5) is 19.8. The lowest BCUT2D eigenvalue weighted by Gasteiger charge is -2.32. The molecule has 0 unspecified atom stereocenters. The summed E-state index contributed by atoms with van der Waals surface area (Å²) in [5.41, 5.74) is 2.52. The lowest BCUT2D eigenvalue weighted by Crippen LogP contribution is -2.47. The van der Waals surface area contributed by atoms with Crippen molar-refractivity contribution in [3.05, 3.63) is 41.7 Å². The van der Waals surface area contributed by atoms with Crippen LogP contribution in [0.4, 0.5) is 5.13 Å². The van der Waals surface area contributed by atoms with Gasteiger partial charge in [-0.2, -0.15) is 5.10 Å². The number of thiazole rings is 1. The van der Waals surface area contributed by atoms with Gasteiger partial charge in [-0.3, -0.25) is 9.48 Å². The predicted molar refractivity (Wildman–Crippen MR) is 110 cm³/mol. The molecule has 7 heteroatoms. The third-order valence-corrected chi connectivity index (χ3v) is 6.05. The summed E-state index contributed by atoms with van der Waals surface area (Å²) >= 11 is 1.72. The van der Waals surface area contributed by atoms with Crippen LogP contribution < -0.4 is 10.2 Å². The van der Waals surface area contributed by atoms with Crippen LogP contribution in [0.5, 0.6) is 0 Å². The zero-order valence-electron chi connectivity index (χ0n) is 15.8. The number of rotatable bonds is 5. The van der Waals surface area contributed by atoms with Crippen molar-refractivity contribution in [3.63, 3.8) is 0 Å². The Hall–Kier alpha value is -2.41. The molecule has 1 fully saturated rings. The average molecular weight is 384 g/mol. The van der Waals surface area contributed by atoms with E-state index in [4.69, 9.17) is 4.98 Å². The van der Waals surface area contributed by atoms with Crippen molar-refractivity contribution in [2.75, 3.05) is 18.0 Å². The molecule has 2 aromatic heterocycles. The minimum atomic E-state index is -0.0222. The number of hydrogen-bond donors (Lipinski definition) is 1. The van der Waals surface area contributed by atoms with Crippen molar-refractivity contribution < 1.29 is 4.79 Å². The number of carbonyl (C=O) groups is 1. The monoisotopic (exact) mass is 383 g/mol. The van der Waals surface area contributed by atoms with E-state index in [2.05, 4.69) is 34.4 Å². The van der Waals surface area contributed by atoms with Crippen LogP contribution in [0.1, 0.15) is 42.2 Å². The lowest BCUT2D eigenvalue weighted by atomic mass is 10.1. The van der Waals surface area contributed by atoms with E-state index in [1.54, 1.807) is 11.3 Å². The van der Waals surface area contributed by atoms with Gasteiger partial charge in [0, 0.05) is 31.9 Å². The van der Waals surface area contributed by atoms with Crippen molar-refractivity contribution in [2.24, 2.45) is 0 Å². The highest BCUT2D eigenvalue weighted by Crippen LogP contribution is 2.30. The van der Waals surface area contributed by atoms with Crippen LogP contribution in [0.15, 0.2) is 30.5 Å². The Morgan fingerprint density at radius 1 is 1.37 bits per heavy atom. The molecule has 0 aliphatic carbocycles. The number of benzene rings is 1. The van der Waals surface area contributed by atoms with Crippen molar-refractivity contribution in [1.29, 1.82) is 0 Å². The first kappa shape index (κ1) is 18.0. The largest absolute Gasteiger partial charge is 0.347 e. The van der Waals surface area contributed by atoms with E-state index in [9.17, 15) is 4.79 Å². The second-order valence-electron chi connectivity index (χ2n) is 7.11. The molecule has 6 nitrogen and oxygen atoms in total. The van der Waals surface area contributed by atoms with Crippen molar-refractivity contribution >= 4 is 32.6 Å². The maximum Gasteiger partial charge on any atom is 0.255 e. The van der Waals surface area contributed by atoms with Crippen LogP contribution in [0.25, 0.3) is 10.2 Å². The smallest absolute Gasteiger partial charge is 0.255 e. The number of nitrogens with one attached hydrogen (secondary N) is 1. The Morgan fingerprint density at radius 3 is 3.04 bits per heavy atom. The minimum Gasteiger partial charge on any atom is -0.347 e. The predicted octanol–water partition coefficient (Wildman–Crippen LogP) is 3.61. The number of fused-ring (bicyclic) bond motifs is 1. The lowest BCUT2D eigenvalue weighted by molar-refractivity contribution is 0.0932. The van der Waals surface area contributed by atoms with Gasteiger partial charge in [-0.25, -0.2) is 4.98 Å². The third kappa shape index (κ3) is 3.83. The summed E-state index contributed by atoms with van der Waals surface area (Å²) < 4.78 is 3.07. The number of carbonyl (C=O) groups excluding carboxylic acids is 1. The number of para-hydroxylation sites is 1. The molecule has 0 saturated carbocycles. The van der Waals surface area contributed by atoms with Gasteiger partial charge < -0.3 is 10.2 Å². The topological polar surface area (TPSA) is 63.1 Å². The Morgan fingerprint density at radius 2 is 2.22 bits per heavy atom. The number of anilines is 1. The van der Waals surface area contributed by atoms with Crippen molar-refractivity contribution in [2.45, 2.75) is 45.7 Å². The first-order valence-corrected chi connectivity index (χ1v) is 10.4. The highest BCUT2D eigenvalue weighted by molar-refractivity contribution is 7.22. The van der Waals surface area contributed by atoms with E-state index < -0.39 is 0 Å². The van der Waals surface area contributed by atoms with E-state index in [-0.39, 0.29) is 11.9 Å². The quantitative estimate of drug-likeness (QED) is 0.731. The highest BCUT2D eigenvalue weighted by atomic mass is 32.1. The summed E-state index contributed by atoms with van der Waals surface area (Å²) in [5.74, 6) is -0.0222. The van der Waals surface area contributed by atoms with Gasteiger partial charge >= 0.3 is 0 Å². The zero-order valence-corrected chi connectivity index (χ0v) is 16.6. The standard InChI is InChI=1S/C20H25N5OS/c1-3-10-25-13-16(14(2)23-25)19(26)21-15-7-6-11-24(12-15)20-22-17-8-4-5-9-18(17)27-20/h4-5,8-9,13,15H,3,6-7,10-12H2,1-2H3,(H,21,26)/t15-/m0/s1. The summed E-state index contributed by atoms with van der Waals surface area (Å²) in [6.45, 7) is 6.63. The summed E-state index contributed by atoms with van der Waals surface area (Å²) in [5, 5.41) is 8.69. The molecule has 3 heterocycles. The molecule has 142 valence electrons. The number of aromatic nitrogens is 3. The van der Waals surface area contributed by atoms with Crippen molar-refractivity contribution in [1.82, 2.24) is 20.1 Å². The first-order chi connectivity index (χ1) is 13.1. The second kappa shape index (κ2) is 7.68. The Labute approximate surface area is 163 Å². The number of hydrogen-bond acceptors (Lipinski definition) is 5. The zero-order chi connectivity index (χ0) is 18.8. The Bertz CT molecular complexity index is 914. The van der Waals surface area contributed by atoms with Gasteiger partial charge in [0.05, 0.1) is 21.5 Å². The van der Waals surface area contributed by atoms with Gasteiger partial charge in [0.2, 0.25) is 0 Å². The highest BCUT2D eigenvalue weighted by Gasteiger charge is 2.25. The molecule has 4 rings (SSSR count). The fourth-order valence-corrected chi connectivity index (χ4v) is 4.61. The molecule has 1 aliphatic heterocycles. The van der Waals surface area contributed by atoms with Gasteiger partial charge in [-0.15, -0.1) is 0 Å². The molecule has 1 amide bonds. The van der Waals surface area contributed by atoms with Crippen LogP contribution in [0.2, 0.25) is 0 Å². The van der Waals surface area contributed by atoms with Crippen LogP contribution in [-0.2, 0) is 6.54 Å². The molecule has 0 spiro atoms. The maximum atomic E-state index is 12.7. The molecule has 1 aromatic carbocycles. The normalized spacial score (nSPS) is 17.4. The summed E-state index contributed by atoms with van der Waals surface area (Å²) in [6.07, 6.45) is 4.91. The molecule has 0 bridgehead atoms. The molecular weight excluding hydrogens is 358 g/mol. The Balaban J connectivity index is 1.44. The fraction of sp³-hybridized carbons (Fsp3) is 0.450. The van der Waals surface area contributed by atoms with E-state index in [1.165, 1.54) is 4.70 Å². The van der Waals surface area contributed by atoms with Crippen LogP contribution >= 0.6 is 11.3 Å². The van der Waals surface area contributed by atoms with E-state index in [0.29, 0.717) is 5.56 Å². The molecule has 27 heavy (non-hydrogen) atoms. The number of aryl methyl sites for hydroxylation is 2. The minimum absolute atomic E-state index is 0.0222. The average Bonchev–Trinajstić information content (AvgIpc) is 3.25. The van der Waals surface area contributed by atoms with E-state index in [0.717, 1.165) is 55.2 Å². The van der Waals surface area contributed by atoms with Gasteiger partial charge in [0.25, 0.3) is 5.91 Å². The molecule has 3 aromatic rings. The van der Waals surface area contributed by atoms with Gasteiger partial charge in [-0.05, 0) is 38.3 Å². The second-order valence-corrected chi connectivity index (χ2v) is 8.12. The molecule has 1 N–H and O–H groups in total.